The first-order valence-electron chi connectivity index (χ1n) is 7.65. The van der Waals surface area contributed by atoms with Crippen molar-refractivity contribution in [3.63, 3.8) is 0 Å². The number of nitro groups is 1. The number of amides is 1. The van der Waals surface area contributed by atoms with Crippen LogP contribution in [0.5, 0.6) is 0 Å². The Hall–Kier alpha value is -3.41. The van der Waals surface area contributed by atoms with Gasteiger partial charge in [0.2, 0.25) is 5.76 Å². The van der Waals surface area contributed by atoms with E-state index in [1.807, 2.05) is 11.0 Å². The summed E-state index contributed by atoms with van der Waals surface area (Å²) >= 11 is 0. The van der Waals surface area contributed by atoms with E-state index in [0.29, 0.717) is 31.9 Å². The number of anilines is 1. The number of piperazine rings is 1. The van der Waals surface area contributed by atoms with Crippen molar-refractivity contribution in [2.75, 3.05) is 31.1 Å². The summed E-state index contributed by atoms with van der Waals surface area (Å²) < 4.78 is 5.00. The van der Waals surface area contributed by atoms with Gasteiger partial charge in [0.05, 0.1) is 10.6 Å². The van der Waals surface area contributed by atoms with Crippen LogP contribution in [-0.2, 0) is 0 Å². The molecule has 0 bridgehead atoms. The van der Waals surface area contributed by atoms with E-state index >= 15 is 0 Å². The van der Waals surface area contributed by atoms with Crippen molar-refractivity contribution in [1.29, 1.82) is 5.26 Å². The molecule has 1 aliphatic rings. The number of rotatable bonds is 3. The van der Waals surface area contributed by atoms with E-state index < -0.39 is 4.92 Å². The highest BCUT2D eigenvalue weighted by atomic mass is 16.6. The van der Waals surface area contributed by atoms with Gasteiger partial charge in [-0.05, 0) is 19.1 Å². The van der Waals surface area contributed by atoms with Gasteiger partial charge in [-0.1, -0.05) is 5.16 Å². The van der Waals surface area contributed by atoms with Gasteiger partial charge in [-0.3, -0.25) is 14.9 Å². The lowest BCUT2D eigenvalue weighted by molar-refractivity contribution is -0.385. The fourth-order valence-corrected chi connectivity index (χ4v) is 2.76. The van der Waals surface area contributed by atoms with Crippen molar-refractivity contribution >= 4 is 17.3 Å². The summed E-state index contributed by atoms with van der Waals surface area (Å²) in [6, 6.07) is 7.92. The Morgan fingerprint density at radius 2 is 2.04 bits per heavy atom. The Morgan fingerprint density at radius 3 is 2.60 bits per heavy atom. The normalized spacial score (nSPS) is 14.2. The summed E-state index contributed by atoms with van der Waals surface area (Å²) in [4.78, 5) is 26.3. The molecule has 1 aliphatic heterocycles. The minimum Gasteiger partial charge on any atom is -0.368 e. The second-order valence-corrected chi connectivity index (χ2v) is 5.68. The molecule has 25 heavy (non-hydrogen) atoms. The van der Waals surface area contributed by atoms with Crippen LogP contribution in [0.25, 0.3) is 0 Å². The van der Waals surface area contributed by atoms with Crippen LogP contribution in [0.1, 0.15) is 21.8 Å². The molecule has 2 aromatic rings. The van der Waals surface area contributed by atoms with Gasteiger partial charge in [0.25, 0.3) is 11.6 Å². The lowest BCUT2D eigenvalue weighted by Crippen LogP contribution is -2.48. The molecule has 0 aliphatic carbocycles. The molecule has 128 valence electrons. The van der Waals surface area contributed by atoms with Gasteiger partial charge < -0.3 is 14.3 Å². The number of aryl methyl sites for hydroxylation is 1. The van der Waals surface area contributed by atoms with E-state index in [0.717, 1.165) is 5.69 Å². The summed E-state index contributed by atoms with van der Waals surface area (Å²) in [7, 11) is 0. The van der Waals surface area contributed by atoms with Crippen LogP contribution >= 0.6 is 0 Å². The average Bonchev–Trinajstić information content (AvgIpc) is 3.07. The van der Waals surface area contributed by atoms with Crippen LogP contribution < -0.4 is 4.90 Å². The van der Waals surface area contributed by atoms with Gasteiger partial charge >= 0.3 is 0 Å². The molecule has 3 rings (SSSR count). The molecule has 9 nitrogen and oxygen atoms in total. The third-order valence-electron chi connectivity index (χ3n) is 4.07. The maximum atomic E-state index is 12.3. The number of carbonyl (C=O) groups is 1. The SMILES string of the molecule is Cc1cc(C(=O)N2CCN(c3ccc([N+](=O)[O-])c(C#N)c3)CC2)on1. The maximum Gasteiger partial charge on any atom is 0.292 e. The smallest absolute Gasteiger partial charge is 0.292 e. The Morgan fingerprint density at radius 1 is 1.32 bits per heavy atom. The molecule has 0 N–H and O–H groups in total. The zero-order valence-corrected chi connectivity index (χ0v) is 13.5. The zero-order chi connectivity index (χ0) is 18.0. The maximum absolute atomic E-state index is 12.3. The molecule has 2 heterocycles. The summed E-state index contributed by atoms with van der Waals surface area (Å²) in [6.07, 6.45) is 0. The minimum absolute atomic E-state index is 0.0261. The number of carbonyl (C=O) groups excluding carboxylic acids is 1. The van der Waals surface area contributed by atoms with E-state index in [2.05, 4.69) is 5.16 Å². The van der Waals surface area contributed by atoms with Gasteiger partial charge in [-0.25, -0.2) is 0 Å². The van der Waals surface area contributed by atoms with Crippen LogP contribution in [0.2, 0.25) is 0 Å². The van der Waals surface area contributed by atoms with Gasteiger partial charge in [0.15, 0.2) is 0 Å². The fraction of sp³-hybridized carbons (Fsp3) is 0.312. The Bertz CT molecular complexity index is 862. The van der Waals surface area contributed by atoms with E-state index in [1.54, 1.807) is 24.0 Å². The Labute approximate surface area is 143 Å². The van der Waals surface area contributed by atoms with Crippen molar-refractivity contribution in [2.24, 2.45) is 0 Å². The van der Waals surface area contributed by atoms with Crippen molar-refractivity contribution in [2.45, 2.75) is 6.92 Å². The van der Waals surface area contributed by atoms with Crippen LogP contribution in [-0.4, -0.2) is 47.1 Å². The number of hydrogen-bond donors (Lipinski definition) is 0. The van der Waals surface area contributed by atoms with Crippen molar-refractivity contribution in [3.05, 3.63) is 51.4 Å². The third kappa shape index (κ3) is 3.28. The quantitative estimate of drug-likeness (QED) is 0.616. The molecule has 1 saturated heterocycles. The van der Waals surface area contributed by atoms with Crippen LogP contribution in [0.4, 0.5) is 11.4 Å². The zero-order valence-electron chi connectivity index (χ0n) is 13.5. The molecule has 0 radical (unpaired) electrons. The van der Waals surface area contributed by atoms with Gasteiger partial charge in [-0.15, -0.1) is 0 Å². The Kier molecular flexibility index (Phi) is 4.35. The first-order chi connectivity index (χ1) is 12.0. The molecule has 0 spiro atoms. The highest BCUT2D eigenvalue weighted by Gasteiger charge is 2.25. The number of aromatic nitrogens is 1. The topological polar surface area (TPSA) is 117 Å². The monoisotopic (exact) mass is 341 g/mol. The van der Waals surface area contributed by atoms with Crippen LogP contribution in [0.15, 0.2) is 28.8 Å². The minimum atomic E-state index is -0.571. The van der Waals surface area contributed by atoms with Crippen molar-refractivity contribution < 1.29 is 14.2 Å². The number of benzene rings is 1. The molecule has 9 heteroatoms. The number of hydrogen-bond acceptors (Lipinski definition) is 7. The lowest BCUT2D eigenvalue weighted by Gasteiger charge is -2.35. The molecule has 1 aromatic heterocycles. The first kappa shape index (κ1) is 16.4. The predicted molar refractivity (Wildman–Crippen MR) is 87.2 cm³/mol. The number of nitrogens with zero attached hydrogens (tertiary/aromatic N) is 5. The molecule has 0 atom stereocenters. The van der Waals surface area contributed by atoms with Crippen molar-refractivity contribution in [1.82, 2.24) is 10.1 Å². The molecular formula is C16H15N5O4. The third-order valence-corrected chi connectivity index (χ3v) is 4.07. The largest absolute Gasteiger partial charge is 0.368 e. The molecular weight excluding hydrogens is 326 g/mol. The predicted octanol–water partition coefficient (Wildman–Crippen LogP) is 1.73. The fourth-order valence-electron chi connectivity index (χ4n) is 2.76. The van der Waals surface area contributed by atoms with E-state index in [4.69, 9.17) is 9.78 Å². The molecule has 1 fully saturated rings. The van der Waals surface area contributed by atoms with Gasteiger partial charge in [0.1, 0.15) is 11.6 Å². The van der Waals surface area contributed by atoms with Crippen LogP contribution in [0.3, 0.4) is 0 Å². The van der Waals surface area contributed by atoms with E-state index in [9.17, 15) is 14.9 Å². The molecule has 1 aromatic carbocycles. The van der Waals surface area contributed by atoms with Crippen molar-refractivity contribution in [3.8, 4) is 6.07 Å². The van der Waals surface area contributed by atoms with E-state index in [1.165, 1.54) is 12.1 Å². The molecule has 0 unspecified atom stereocenters. The van der Waals surface area contributed by atoms with Crippen LogP contribution in [0, 0.1) is 28.4 Å². The number of nitro benzene ring substituents is 1. The molecule has 0 saturated carbocycles. The Balaban J connectivity index is 1.69. The second-order valence-electron chi connectivity index (χ2n) is 5.68. The highest BCUT2D eigenvalue weighted by molar-refractivity contribution is 5.91. The second kappa shape index (κ2) is 6.60. The molecule has 1 amide bonds. The number of nitriles is 1. The standard InChI is InChI=1S/C16H15N5O4/c1-11-8-15(25-18-11)16(22)20-6-4-19(5-7-20)13-2-3-14(21(23)24)12(9-13)10-17/h2-3,8-9H,4-7H2,1H3. The van der Waals surface area contributed by atoms with E-state index in [-0.39, 0.29) is 22.9 Å². The lowest BCUT2D eigenvalue weighted by atomic mass is 10.1. The average molecular weight is 341 g/mol. The summed E-state index contributed by atoms with van der Waals surface area (Å²) in [6.45, 7) is 3.83. The first-order valence-corrected chi connectivity index (χ1v) is 7.65. The van der Waals surface area contributed by atoms with Gasteiger partial charge in [-0.2, -0.15) is 5.26 Å². The summed E-state index contributed by atoms with van der Waals surface area (Å²) in [5, 5.41) is 23.7. The summed E-state index contributed by atoms with van der Waals surface area (Å²) in [5.74, 6) is 0.00900. The van der Waals surface area contributed by atoms with Gasteiger partial charge in [0, 0.05) is 44.0 Å². The summed E-state index contributed by atoms with van der Waals surface area (Å²) in [5.41, 5.74) is 1.19. The highest BCUT2D eigenvalue weighted by Crippen LogP contribution is 2.25.